The van der Waals surface area contributed by atoms with Crippen LogP contribution in [0.25, 0.3) is 105 Å². The van der Waals surface area contributed by atoms with Crippen LogP contribution < -0.4 is 4.90 Å². The molecule has 0 aliphatic rings. The van der Waals surface area contributed by atoms with Crippen LogP contribution in [0.15, 0.2) is 259 Å². The van der Waals surface area contributed by atoms with Crippen LogP contribution in [0.4, 0.5) is 17.1 Å². The lowest BCUT2D eigenvalue weighted by Gasteiger charge is -2.26. The summed E-state index contributed by atoms with van der Waals surface area (Å²) in [6.07, 6.45) is 0. The van der Waals surface area contributed by atoms with Crippen molar-refractivity contribution >= 4 is 71.6 Å². The summed E-state index contributed by atoms with van der Waals surface area (Å²) >= 11 is 0. The van der Waals surface area contributed by atoms with E-state index in [1.165, 1.54) is 0 Å². The van der Waals surface area contributed by atoms with Crippen LogP contribution >= 0.6 is 0 Å². The Morgan fingerprint density at radius 1 is 0.358 bits per heavy atom. The number of aromatic nitrogens is 1. The van der Waals surface area contributed by atoms with Crippen molar-refractivity contribution < 1.29 is 19.5 Å². The van der Waals surface area contributed by atoms with E-state index in [2.05, 4.69) is 59.2 Å². The molecule has 0 amide bonds. The van der Waals surface area contributed by atoms with Crippen molar-refractivity contribution in [1.29, 1.82) is 0 Å². The molecule has 67 heavy (non-hydrogen) atoms. The quantitative estimate of drug-likeness (QED) is 0.152. The van der Waals surface area contributed by atoms with Gasteiger partial charge in [-0.05, 0) is 111 Å². The van der Waals surface area contributed by atoms with E-state index in [1.54, 1.807) is 4.90 Å². The van der Waals surface area contributed by atoms with E-state index in [-0.39, 0.29) is 16.5 Å². The van der Waals surface area contributed by atoms with E-state index in [0.717, 1.165) is 77.2 Å². The molecule has 0 fully saturated rings. The summed E-state index contributed by atoms with van der Waals surface area (Å²) in [4.78, 5) is 1.65. The molecule has 0 unspecified atom stereocenters. The first-order chi connectivity index (χ1) is 37.8. The first kappa shape index (κ1) is 28.8. The van der Waals surface area contributed by atoms with Crippen LogP contribution in [0.2, 0.25) is 0 Å². The lowest BCUT2D eigenvalue weighted by atomic mass is 9.99. The predicted molar refractivity (Wildman–Crippen MR) is 282 cm³/mol. The van der Waals surface area contributed by atoms with Gasteiger partial charge in [0.05, 0.1) is 26.1 Å². The predicted octanol–water partition coefficient (Wildman–Crippen LogP) is 18.0. The number of fused-ring (bicyclic) bond motifs is 7. The van der Waals surface area contributed by atoms with Gasteiger partial charge >= 0.3 is 0 Å². The Morgan fingerprint density at radius 2 is 0.881 bits per heavy atom. The minimum absolute atomic E-state index is 0.123. The van der Waals surface area contributed by atoms with Gasteiger partial charge in [0, 0.05) is 55.4 Å². The third-order valence-electron chi connectivity index (χ3n) is 12.5. The number of nitrogens with zero attached hydrogens (tertiary/aromatic N) is 2. The molecule has 2 heterocycles. The molecule has 3 nitrogen and oxygen atoms in total. The fourth-order valence-electron chi connectivity index (χ4n) is 9.37. The molecular weight excluding hydrogens is 813 g/mol. The molecule has 0 radical (unpaired) electrons. The van der Waals surface area contributed by atoms with Gasteiger partial charge < -0.3 is 13.9 Å². The second kappa shape index (κ2) is 16.0. The molecule has 11 aromatic carbocycles. The zero-order valence-electron chi connectivity index (χ0n) is 46.7. The Bertz CT molecular complexity index is 4550. The highest BCUT2D eigenvalue weighted by molar-refractivity contribution is 6.13. The second-order valence-electron chi connectivity index (χ2n) is 16.4. The van der Waals surface area contributed by atoms with E-state index in [9.17, 15) is 6.85 Å². The number of benzene rings is 11. The fraction of sp³-hybridized carbons (Fsp3) is 0. The number of anilines is 3. The van der Waals surface area contributed by atoms with Crippen molar-refractivity contribution in [3.05, 3.63) is 255 Å². The summed E-state index contributed by atoms with van der Waals surface area (Å²) < 4.78 is 108. The van der Waals surface area contributed by atoms with Crippen molar-refractivity contribution in [3.63, 3.8) is 0 Å². The topological polar surface area (TPSA) is 21.3 Å². The van der Waals surface area contributed by atoms with Crippen molar-refractivity contribution in [2.75, 3.05) is 4.90 Å². The van der Waals surface area contributed by atoms with Gasteiger partial charge in [0.15, 0.2) is 0 Å². The number of hydrogen-bond acceptors (Lipinski definition) is 2. The Morgan fingerprint density at radius 3 is 1.54 bits per heavy atom. The van der Waals surface area contributed by atoms with Gasteiger partial charge in [0.25, 0.3) is 0 Å². The van der Waals surface area contributed by atoms with Gasteiger partial charge in [-0.15, -0.1) is 0 Å². The number of furan rings is 1. The van der Waals surface area contributed by atoms with Gasteiger partial charge in [-0.3, -0.25) is 0 Å². The highest BCUT2D eigenvalue weighted by atomic mass is 16.3. The maximum atomic E-state index is 9.69. The Kier molecular flexibility index (Phi) is 6.85. The smallest absolute Gasteiger partial charge is 0.143 e. The van der Waals surface area contributed by atoms with Crippen LogP contribution in [-0.2, 0) is 0 Å². The van der Waals surface area contributed by atoms with E-state index in [4.69, 9.17) is 12.6 Å². The van der Waals surface area contributed by atoms with Gasteiger partial charge in [-0.2, -0.15) is 0 Å². The summed E-state index contributed by atoms with van der Waals surface area (Å²) in [7, 11) is 0. The van der Waals surface area contributed by atoms with Crippen molar-refractivity contribution in [3.8, 4) is 50.2 Å². The molecule has 0 atom stereocenters. The van der Waals surface area contributed by atoms with Crippen LogP contribution in [0.5, 0.6) is 0 Å². The fourth-order valence-corrected chi connectivity index (χ4v) is 9.37. The van der Waals surface area contributed by atoms with E-state index in [1.807, 2.05) is 133 Å². The monoisotopic (exact) mass is 865 g/mol. The SMILES string of the molecule is [2H]c1c([2H])c(N(c2ccc(-c3cccc(-n4c5ccccc5c5ccccc54)c3)cc2)c2ccc(-c3cccc4c3oc3c(-c5ccccc5)cccc34)cc2)c([2H])c([2H])c1-c1c([2H])c([2H])c2c([2H])c([2H])c([2H])c([2H])c2c1[2H]. The summed E-state index contributed by atoms with van der Waals surface area (Å²) in [5, 5.41) is 3.54. The third kappa shape index (κ3) is 6.67. The van der Waals surface area contributed by atoms with Crippen molar-refractivity contribution in [2.24, 2.45) is 0 Å². The Labute approximate surface area is 404 Å². The number of para-hydroxylation sites is 4. The molecule has 0 saturated heterocycles. The average Bonchev–Trinajstić information content (AvgIpc) is 4.14. The van der Waals surface area contributed by atoms with E-state index >= 15 is 0 Å². The lowest BCUT2D eigenvalue weighted by Crippen LogP contribution is -2.09. The molecule has 0 spiro atoms. The third-order valence-corrected chi connectivity index (χ3v) is 12.5. The molecule has 13 aromatic rings. The normalized spacial score (nSPS) is 13.9. The van der Waals surface area contributed by atoms with Crippen LogP contribution in [-0.4, -0.2) is 4.57 Å². The van der Waals surface area contributed by atoms with Crippen LogP contribution in [0, 0.1) is 0 Å². The molecule has 2 aromatic heterocycles. The summed E-state index contributed by atoms with van der Waals surface area (Å²) in [5.74, 6) is 0. The number of rotatable bonds is 8. The standard InChI is InChI=1S/C64H42N2O/c1-2-14-46(15-3-1)55-21-11-23-59-60-24-12-22-56(64(60)67-63(55)59)47-33-39-53(40-34-47)65(52-37-31-45(32-38-52)50-28-27-43-13-4-5-16-48(43)41-50)51-35-29-44(30-36-51)49-17-10-18-54(42-49)66-61-25-8-6-19-57(61)58-20-7-9-26-62(58)66/h1-42H/i4D,5D,13D,16D,27D,28D,31D,32D,37D,38D,41D. The summed E-state index contributed by atoms with van der Waals surface area (Å²) in [5.41, 5.74) is 10.1. The zero-order chi connectivity index (χ0) is 53.8. The molecule has 0 aliphatic heterocycles. The lowest BCUT2D eigenvalue weighted by molar-refractivity contribution is 0.671. The average molecular weight is 866 g/mol. The van der Waals surface area contributed by atoms with Gasteiger partial charge in [0.2, 0.25) is 0 Å². The Balaban J connectivity index is 0.961. The Hall–Kier alpha value is -8.92. The highest BCUT2D eigenvalue weighted by Crippen LogP contribution is 2.42. The minimum atomic E-state index is -0.660. The van der Waals surface area contributed by atoms with Gasteiger partial charge in [0.1, 0.15) is 11.2 Å². The van der Waals surface area contributed by atoms with Crippen molar-refractivity contribution in [2.45, 2.75) is 0 Å². The van der Waals surface area contributed by atoms with Crippen molar-refractivity contribution in [1.82, 2.24) is 4.57 Å². The number of hydrogen-bond donors (Lipinski definition) is 0. The van der Waals surface area contributed by atoms with E-state index in [0.29, 0.717) is 17.0 Å². The first-order valence-corrected chi connectivity index (χ1v) is 22.0. The zero-order valence-corrected chi connectivity index (χ0v) is 35.7. The largest absolute Gasteiger partial charge is 0.455 e. The van der Waals surface area contributed by atoms with Crippen LogP contribution in [0.3, 0.4) is 0 Å². The molecule has 0 aliphatic carbocycles. The highest BCUT2D eigenvalue weighted by Gasteiger charge is 2.18. The molecule has 0 saturated carbocycles. The molecule has 314 valence electrons. The maximum Gasteiger partial charge on any atom is 0.143 e. The molecule has 13 rings (SSSR count). The van der Waals surface area contributed by atoms with E-state index < -0.39 is 77.6 Å². The summed E-state index contributed by atoms with van der Waals surface area (Å²) in [6.45, 7) is 0. The summed E-state index contributed by atoms with van der Waals surface area (Å²) in [6, 6.07) is 55.8. The molecule has 0 bridgehead atoms. The molecular formula is C64H42N2O. The maximum absolute atomic E-state index is 9.69. The van der Waals surface area contributed by atoms with Gasteiger partial charge in [-0.25, -0.2) is 0 Å². The minimum Gasteiger partial charge on any atom is -0.455 e. The first-order valence-electron chi connectivity index (χ1n) is 27.5. The molecule has 0 N–H and O–H groups in total. The second-order valence-corrected chi connectivity index (χ2v) is 16.4. The molecule has 3 heteroatoms. The van der Waals surface area contributed by atoms with Gasteiger partial charge in [-0.1, -0.05) is 188 Å². The van der Waals surface area contributed by atoms with Crippen LogP contribution in [0.1, 0.15) is 15.1 Å².